The summed E-state index contributed by atoms with van der Waals surface area (Å²) in [6.45, 7) is 1.16. The van der Waals surface area contributed by atoms with Crippen LogP contribution in [0.1, 0.15) is 13.2 Å². The lowest BCUT2D eigenvalue weighted by Crippen LogP contribution is -2.36. The Labute approximate surface area is 140 Å². The zero-order chi connectivity index (χ0) is 18.3. The van der Waals surface area contributed by atoms with Crippen LogP contribution in [0.5, 0.6) is 0 Å². The number of aliphatic hydroxyl groups excluding tert-OH is 2. The van der Waals surface area contributed by atoms with Gasteiger partial charge in [-0.2, -0.15) is 4.98 Å². The Balaban J connectivity index is 1.84. The molecule has 12 heteroatoms. The maximum atomic E-state index is 11.8. The summed E-state index contributed by atoms with van der Waals surface area (Å²) in [4.78, 5) is 33.4. The van der Waals surface area contributed by atoms with Gasteiger partial charge in [-0.1, -0.05) is 0 Å². The maximum absolute atomic E-state index is 11.8. The van der Waals surface area contributed by atoms with E-state index >= 15 is 0 Å². The molecule has 1 fully saturated rings. The molecule has 0 saturated carbocycles. The molecule has 136 valence electrons. The molecule has 3 heterocycles. The largest absolute Gasteiger partial charge is 0.462 e. The number of anilines is 1. The van der Waals surface area contributed by atoms with Crippen molar-refractivity contribution in [3.05, 3.63) is 16.7 Å². The predicted octanol–water partition coefficient (Wildman–Crippen LogP) is -2.79. The molecule has 12 nitrogen and oxygen atoms in total. The Kier molecular flexibility index (Phi) is 4.43. The van der Waals surface area contributed by atoms with Crippen molar-refractivity contribution in [3.8, 4) is 0 Å². The van der Waals surface area contributed by atoms with Gasteiger partial charge in [0.1, 0.15) is 31.0 Å². The summed E-state index contributed by atoms with van der Waals surface area (Å²) in [6, 6.07) is -0.823. The molecular weight excluding hydrogens is 336 g/mol. The number of ether oxygens (including phenoxy) is 2. The summed E-state index contributed by atoms with van der Waals surface area (Å²) in [6.07, 6.45) is -3.53. The molecule has 0 aliphatic carbocycles. The van der Waals surface area contributed by atoms with Crippen LogP contribution in [0, 0.1) is 0 Å². The number of esters is 1. The highest BCUT2D eigenvalue weighted by Crippen LogP contribution is 2.31. The molecule has 0 bridgehead atoms. The van der Waals surface area contributed by atoms with E-state index in [1.807, 2.05) is 0 Å². The van der Waals surface area contributed by atoms with Crippen molar-refractivity contribution in [3.63, 3.8) is 0 Å². The van der Waals surface area contributed by atoms with E-state index in [0.29, 0.717) is 0 Å². The van der Waals surface area contributed by atoms with E-state index < -0.39 is 42.1 Å². The molecule has 0 spiro atoms. The van der Waals surface area contributed by atoms with E-state index in [2.05, 4.69) is 15.0 Å². The summed E-state index contributed by atoms with van der Waals surface area (Å²) in [5.74, 6) is -0.794. The Bertz CT molecular complexity index is 847. The van der Waals surface area contributed by atoms with Gasteiger partial charge >= 0.3 is 5.97 Å². The minimum atomic E-state index is -1.36. The summed E-state index contributed by atoms with van der Waals surface area (Å²) in [7, 11) is 0. The minimum absolute atomic E-state index is 0.00586. The van der Waals surface area contributed by atoms with Crippen molar-refractivity contribution in [1.82, 2.24) is 19.5 Å². The van der Waals surface area contributed by atoms with Crippen LogP contribution in [0.4, 0.5) is 5.95 Å². The summed E-state index contributed by atoms with van der Waals surface area (Å²) in [5.41, 5.74) is 10.5. The van der Waals surface area contributed by atoms with Crippen LogP contribution in [-0.2, 0) is 14.3 Å². The van der Waals surface area contributed by atoms with Crippen molar-refractivity contribution in [1.29, 1.82) is 0 Å². The first-order valence-corrected chi connectivity index (χ1v) is 7.45. The first kappa shape index (κ1) is 17.3. The van der Waals surface area contributed by atoms with Crippen molar-refractivity contribution in [2.75, 3.05) is 12.3 Å². The highest BCUT2D eigenvalue weighted by molar-refractivity contribution is 5.74. The number of nitrogens with zero attached hydrogens (tertiary/aromatic N) is 3. The lowest BCUT2D eigenvalue weighted by atomic mass is 10.1. The molecule has 0 unspecified atom stereocenters. The van der Waals surface area contributed by atoms with Crippen LogP contribution in [0.3, 0.4) is 0 Å². The van der Waals surface area contributed by atoms with Crippen LogP contribution in [0.25, 0.3) is 11.2 Å². The number of carbonyl (C=O) groups is 1. The minimum Gasteiger partial charge on any atom is -0.462 e. The fraction of sp³-hybridized carbons (Fsp3) is 0.538. The SMILES string of the molecule is C[C@H](N)C(=O)OC[C@H]1O[C@@H](n2cnc3c(=O)[nH]c(N)nc32)[C@H](O)[C@@H]1O. The lowest BCUT2D eigenvalue weighted by Gasteiger charge is -2.16. The van der Waals surface area contributed by atoms with E-state index in [4.69, 9.17) is 20.9 Å². The third kappa shape index (κ3) is 3.07. The van der Waals surface area contributed by atoms with Gasteiger partial charge in [0.05, 0.1) is 6.33 Å². The first-order valence-electron chi connectivity index (χ1n) is 7.45. The van der Waals surface area contributed by atoms with Gasteiger partial charge in [-0.25, -0.2) is 4.98 Å². The second-order valence-electron chi connectivity index (χ2n) is 5.74. The number of aromatic amines is 1. The molecule has 1 aliphatic rings. The number of nitrogens with two attached hydrogens (primary N) is 2. The van der Waals surface area contributed by atoms with Crippen molar-refractivity contribution in [2.45, 2.75) is 37.5 Å². The molecular formula is C13H18N6O6. The number of aromatic nitrogens is 4. The van der Waals surface area contributed by atoms with Gasteiger partial charge in [0, 0.05) is 0 Å². The van der Waals surface area contributed by atoms with Crippen LogP contribution in [-0.4, -0.2) is 66.7 Å². The molecule has 3 rings (SSSR count). The molecule has 1 saturated heterocycles. The average Bonchev–Trinajstić information content (AvgIpc) is 3.08. The number of H-pyrrole nitrogens is 1. The number of carbonyl (C=O) groups excluding carboxylic acids is 1. The topological polar surface area (TPSA) is 192 Å². The van der Waals surface area contributed by atoms with Gasteiger partial charge in [-0.15, -0.1) is 0 Å². The lowest BCUT2D eigenvalue weighted by molar-refractivity contribution is -0.151. The van der Waals surface area contributed by atoms with Gasteiger partial charge in [0.25, 0.3) is 5.56 Å². The maximum Gasteiger partial charge on any atom is 0.322 e. The third-order valence-corrected chi connectivity index (χ3v) is 3.82. The Hall–Kier alpha value is -2.54. The second-order valence-corrected chi connectivity index (χ2v) is 5.74. The normalized spacial score (nSPS) is 27.5. The molecule has 2 aromatic heterocycles. The van der Waals surface area contributed by atoms with Crippen molar-refractivity contribution >= 4 is 23.1 Å². The van der Waals surface area contributed by atoms with Gasteiger partial charge in [0.2, 0.25) is 5.95 Å². The van der Waals surface area contributed by atoms with Gasteiger partial charge < -0.3 is 31.2 Å². The van der Waals surface area contributed by atoms with E-state index in [9.17, 15) is 19.8 Å². The van der Waals surface area contributed by atoms with Crippen molar-refractivity contribution < 1.29 is 24.5 Å². The number of nitrogen functional groups attached to an aromatic ring is 1. The van der Waals surface area contributed by atoms with Crippen LogP contribution in [0.15, 0.2) is 11.1 Å². The molecule has 1 aliphatic heterocycles. The Morgan fingerprint density at radius 3 is 2.92 bits per heavy atom. The molecule has 7 N–H and O–H groups in total. The first-order chi connectivity index (χ1) is 11.8. The molecule has 0 radical (unpaired) electrons. The zero-order valence-electron chi connectivity index (χ0n) is 13.2. The standard InChI is InChI=1S/C13H18N6O6/c1-4(14)12(23)24-2-5-7(20)8(21)11(25-5)19-3-16-6-9(19)17-13(15)18-10(6)22/h3-5,7-8,11,20-21H,2,14H2,1H3,(H3,15,17,18,22)/t4-,5+,7+,8+,11+/m0/s1. The smallest absolute Gasteiger partial charge is 0.322 e. The molecule has 0 aromatic carbocycles. The number of hydrogen-bond acceptors (Lipinski definition) is 10. The van der Waals surface area contributed by atoms with E-state index in [-0.39, 0.29) is 23.7 Å². The van der Waals surface area contributed by atoms with Crippen molar-refractivity contribution in [2.24, 2.45) is 5.73 Å². The molecule has 5 atom stereocenters. The van der Waals surface area contributed by atoms with Gasteiger partial charge in [0.15, 0.2) is 17.4 Å². The summed E-state index contributed by atoms with van der Waals surface area (Å²) >= 11 is 0. The van der Waals surface area contributed by atoms with Gasteiger partial charge in [-0.05, 0) is 6.92 Å². The Morgan fingerprint density at radius 1 is 1.52 bits per heavy atom. The zero-order valence-corrected chi connectivity index (χ0v) is 13.2. The van der Waals surface area contributed by atoms with E-state index in [1.165, 1.54) is 17.8 Å². The summed E-state index contributed by atoms with van der Waals surface area (Å²) < 4.78 is 11.8. The number of fused-ring (bicyclic) bond motifs is 1. The third-order valence-electron chi connectivity index (χ3n) is 3.82. The number of rotatable bonds is 4. The highest BCUT2D eigenvalue weighted by atomic mass is 16.6. The molecule has 25 heavy (non-hydrogen) atoms. The van der Waals surface area contributed by atoms with Crippen LogP contribution < -0.4 is 17.0 Å². The average molecular weight is 354 g/mol. The molecule has 0 amide bonds. The molecule has 2 aromatic rings. The highest BCUT2D eigenvalue weighted by Gasteiger charge is 2.45. The number of nitrogens with one attached hydrogen (secondary N) is 1. The predicted molar refractivity (Wildman–Crippen MR) is 83.1 cm³/mol. The van der Waals surface area contributed by atoms with E-state index in [1.54, 1.807) is 0 Å². The Morgan fingerprint density at radius 2 is 2.24 bits per heavy atom. The van der Waals surface area contributed by atoms with E-state index in [0.717, 1.165) is 0 Å². The number of imidazole rings is 1. The number of hydrogen-bond donors (Lipinski definition) is 5. The monoisotopic (exact) mass is 354 g/mol. The van der Waals surface area contributed by atoms with Crippen LogP contribution in [0.2, 0.25) is 0 Å². The summed E-state index contributed by atoms with van der Waals surface area (Å²) in [5, 5.41) is 20.4. The number of aliphatic hydroxyl groups is 2. The van der Waals surface area contributed by atoms with Crippen LogP contribution >= 0.6 is 0 Å². The second kappa shape index (κ2) is 6.40. The quantitative estimate of drug-likeness (QED) is 0.358. The van der Waals surface area contributed by atoms with Gasteiger partial charge in [-0.3, -0.25) is 19.1 Å². The fourth-order valence-corrected chi connectivity index (χ4v) is 2.52. The fourth-order valence-electron chi connectivity index (χ4n) is 2.52.